The van der Waals surface area contributed by atoms with Gasteiger partial charge in [0.1, 0.15) is 23.3 Å². The molecule has 0 saturated heterocycles. The fourth-order valence-electron chi connectivity index (χ4n) is 1.50. The molecular formula is C11H10ClF2N5. The lowest BCUT2D eigenvalue weighted by molar-refractivity contribution is 0.586. The average molecular weight is 286 g/mol. The molecule has 100 valence electrons. The number of hydrogen-bond acceptors (Lipinski definition) is 5. The van der Waals surface area contributed by atoms with Crippen molar-refractivity contribution in [1.82, 2.24) is 9.97 Å². The Hall–Kier alpha value is -1.99. The molecule has 5 nitrogen and oxygen atoms in total. The second-order valence-electron chi connectivity index (χ2n) is 3.70. The third-order valence-corrected chi connectivity index (χ3v) is 2.54. The molecule has 4 N–H and O–H groups in total. The normalized spacial score (nSPS) is 10.4. The lowest BCUT2D eigenvalue weighted by Crippen LogP contribution is -2.10. The summed E-state index contributed by atoms with van der Waals surface area (Å²) in [5, 5.41) is 2.58. The number of nitrogens with two attached hydrogens (primary N) is 1. The molecule has 0 aliphatic heterocycles. The molecule has 0 aliphatic rings. The van der Waals surface area contributed by atoms with Crippen molar-refractivity contribution in [3.63, 3.8) is 0 Å². The van der Waals surface area contributed by atoms with E-state index in [0.717, 1.165) is 12.1 Å². The zero-order chi connectivity index (χ0) is 14.0. The second kappa shape index (κ2) is 5.33. The lowest BCUT2D eigenvalue weighted by atomic mass is 10.3. The van der Waals surface area contributed by atoms with Gasteiger partial charge in [-0.05, 0) is 13.0 Å². The monoisotopic (exact) mass is 285 g/mol. The van der Waals surface area contributed by atoms with Gasteiger partial charge in [0.25, 0.3) is 0 Å². The summed E-state index contributed by atoms with van der Waals surface area (Å²) in [6, 6.07) is 3.19. The first-order valence-electron chi connectivity index (χ1n) is 5.23. The Kier molecular flexibility index (Phi) is 3.77. The number of halogens is 3. The molecule has 0 fully saturated rings. The van der Waals surface area contributed by atoms with E-state index >= 15 is 0 Å². The third kappa shape index (κ3) is 3.07. The van der Waals surface area contributed by atoms with Crippen LogP contribution in [0, 0.1) is 18.6 Å². The summed E-state index contributed by atoms with van der Waals surface area (Å²) in [4.78, 5) is 8.02. The van der Waals surface area contributed by atoms with Crippen LogP contribution in [0.25, 0.3) is 0 Å². The molecule has 2 rings (SSSR count). The van der Waals surface area contributed by atoms with Gasteiger partial charge < -0.3 is 10.7 Å². The van der Waals surface area contributed by atoms with Crippen molar-refractivity contribution in [1.29, 1.82) is 0 Å². The molecule has 1 heterocycles. The van der Waals surface area contributed by atoms with Crippen LogP contribution < -0.4 is 16.6 Å². The fourth-order valence-corrected chi connectivity index (χ4v) is 1.74. The minimum atomic E-state index is -0.816. The first-order chi connectivity index (χ1) is 8.99. The van der Waals surface area contributed by atoms with Gasteiger partial charge in [-0.1, -0.05) is 11.6 Å². The maximum absolute atomic E-state index is 13.6. The van der Waals surface area contributed by atoms with E-state index in [0.29, 0.717) is 11.6 Å². The molecule has 8 heteroatoms. The molecule has 0 unspecified atom stereocenters. The molecule has 0 aliphatic carbocycles. The third-order valence-electron chi connectivity index (χ3n) is 2.25. The van der Waals surface area contributed by atoms with Crippen molar-refractivity contribution in [3.05, 3.63) is 40.7 Å². The zero-order valence-electron chi connectivity index (χ0n) is 9.84. The van der Waals surface area contributed by atoms with E-state index in [1.807, 2.05) is 0 Å². The summed E-state index contributed by atoms with van der Waals surface area (Å²) in [6.45, 7) is 1.65. The van der Waals surface area contributed by atoms with Crippen LogP contribution in [-0.4, -0.2) is 9.97 Å². The topological polar surface area (TPSA) is 75.9 Å². The Morgan fingerprint density at radius 3 is 2.47 bits per heavy atom. The molecule has 0 amide bonds. The van der Waals surface area contributed by atoms with E-state index in [4.69, 9.17) is 17.4 Å². The van der Waals surface area contributed by atoms with Crippen molar-refractivity contribution < 1.29 is 8.78 Å². The smallest absolute Gasteiger partial charge is 0.151 e. The number of aromatic nitrogens is 2. The van der Waals surface area contributed by atoms with Crippen LogP contribution in [0.5, 0.6) is 0 Å². The molecule has 0 spiro atoms. The summed E-state index contributed by atoms with van der Waals surface area (Å²) in [5.74, 6) is 4.74. The van der Waals surface area contributed by atoms with Gasteiger partial charge in [-0.25, -0.2) is 24.6 Å². The second-order valence-corrected chi connectivity index (χ2v) is 4.11. The highest BCUT2D eigenvalue weighted by Crippen LogP contribution is 2.29. The number of hydrazine groups is 1. The number of nitrogens with one attached hydrogen (secondary N) is 2. The van der Waals surface area contributed by atoms with E-state index < -0.39 is 11.6 Å². The van der Waals surface area contributed by atoms with Gasteiger partial charge in [0.2, 0.25) is 0 Å². The first kappa shape index (κ1) is 13.4. The maximum Gasteiger partial charge on any atom is 0.151 e. The van der Waals surface area contributed by atoms with Crippen LogP contribution in [0.1, 0.15) is 5.82 Å². The number of nitrogens with zero attached hydrogens (tertiary/aromatic N) is 2. The first-order valence-corrected chi connectivity index (χ1v) is 5.61. The van der Waals surface area contributed by atoms with Gasteiger partial charge in [0.15, 0.2) is 5.82 Å². The molecule has 0 saturated carbocycles. The van der Waals surface area contributed by atoms with Crippen LogP contribution >= 0.6 is 11.6 Å². The van der Waals surface area contributed by atoms with Crippen LogP contribution in [0.4, 0.5) is 26.1 Å². The Morgan fingerprint density at radius 1 is 1.16 bits per heavy atom. The van der Waals surface area contributed by atoms with E-state index in [1.165, 1.54) is 6.07 Å². The molecule has 0 radical (unpaired) electrons. The van der Waals surface area contributed by atoms with Crippen molar-refractivity contribution in [3.8, 4) is 0 Å². The van der Waals surface area contributed by atoms with Gasteiger partial charge in [0, 0.05) is 12.1 Å². The minimum Gasteiger partial charge on any atom is -0.336 e. The summed E-state index contributed by atoms with van der Waals surface area (Å²) in [5.41, 5.74) is 2.29. The molecule has 1 aromatic carbocycles. The summed E-state index contributed by atoms with van der Waals surface area (Å²) < 4.78 is 26.5. The summed E-state index contributed by atoms with van der Waals surface area (Å²) in [6.07, 6.45) is 0. The van der Waals surface area contributed by atoms with Crippen molar-refractivity contribution >= 4 is 28.9 Å². The van der Waals surface area contributed by atoms with Crippen LogP contribution in [0.2, 0.25) is 5.02 Å². The molecule has 0 bridgehead atoms. The average Bonchev–Trinajstić information content (AvgIpc) is 2.33. The van der Waals surface area contributed by atoms with Crippen LogP contribution in [-0.2, 0) is 0 Å². The highest BCUT2D eigenvalue weighted by molar-refractivity contribution is 6.33. The van der Waals surface area contributed by atoms with E-state index in [2.05, 4.69) is 20.7 Å². The number of hydrogen-bond donors (Lipinski definition) is 3. The van der Waals surface area contributed by atoms with Crippen molar-refractivity contribution in [2.24, 2.45) is 5.84 Å². The number of anilines is 3. The Balaban J connectivity index is 2.39. The van der Waals surface area contributed by atoms with E-state index in [9.17, 15) is 8.78 Å². The predicted molar refractivity (Wildman–Crippen MR) is 69.2 cm³/mol. The highest BCUT2D eigenvalue weighted by atomic mass is 35.5. The predicted octanol–water partition coefficient (Wildman–Crippen LogP) is 2.75. The number of rotatable bonds is 3. The summed E-state index contributed by atoms with van der Waals surface area (Å²) >= 11 is 5.77. The fraction of sp³-hybridized carbons (Fsp3) is 0.0909. The lowest BCUT2D eigenvalue weighted by Gasteiger charge is -2.10. The Morgan fingerprint density at radius 2 is 1.84 bits per heavy atom. The largest absolute Gasteiger partial charge is 0.336 e. The van der Waals surface area contributed by atoms with Gasteiger partial charge in [0.05, 0.1) is 10.7 Å². The number of aryl methyl sites for hydroxylation is 1. The SMILES string of the molecule is Cc1nc(NN)cc(Nc2c(F)cc(F)cc2Cl)n1. The Labute approximate surface area is 112 Å². The van der Waals surface area contributed by atoms with Gasteiger partial charge in [-0.2, -0.15) is 0 Å². The van der Waals surface area contributed by atoms with Crippen molar-refractivity contribution in [2.45, 2.75) is 6.92 Å². The van der Waals surface area contributed by atoms with E-state index in [-0.39, 0.29) is 16.5 Å². The standard InChI is InChI=1S/C11H10ClF2N5/c1-5-16-9(4-10(17-5)19-15)18-11-7(12)2-6(13)3-8(11)14/h2-4H,15H2,1H3,(H2,16,17,18,19). The molecular weight excluding hydrogens is 276 g/mol. The van der Waals surface area contributed by atoms with Crippen molar-refractivity contribution in [2.75, 3.05) is 10.7 Å². The van der Waals surface area contributed by atoms with Crippen LogP contribution in [0.15, 0.2) is 18.2 Å². The van der Waals surface area contributed by atoms with Gasteiger partial charge in [-0.3, -0.25) is 0 Å². The number of nitrogen functional groups attached to an aromatic ring is 1. The summed E-state index contributed by atoms with van der Waals surface area (Å²) in [7, 11) is 0. The number of benzene rings is 1. The van der Waals surface area contributed by atoms with Gasteiger partial charge in [-0.15, -0.1) is 0 Å². The molecule has 19 heavy (non-hydrogen) atoms. The quantitative estimate of drug-likeness (QED) is 0.597. The maximum atomic E-state index is 13.6. The molecule has 0 atom stereocenters. The minimum absolute atomic E-state index is 0.0656. The Bertz CT molecular complexity index is 597. The highest BCUT2D eigenvalue weighted by Gasteiger charge is 2.11. The van der Waals surface area contributed by atoms with Gasteiger partial charge >= 0.3 is 0 Å². The molecule has 2 aromatic rings. The van der Waals surface area contributed by atoms with Crippen LogP contribution in [0.3, 0.4) is 0 Å². The zero-order valence-corrected chi connectivity index (χ0v) is 10.6. The molecule has 1 aromatic heterocycles. The van der Waals surface area contributed by atoms with E-state index in [1.54, 1.807) is 6.92 Å².